The molecule has 0 saturated carbocycles. The zero-order valence-electron chi connectivity index (χ0n) is 8.09. The summed E-state index contributed by atoms with van der Waals surface area (Å²) in [6.45, 7) is 4.99. The first-order valence-corrected chi connectivity index (χ1v) is 4.46. The molecule has 0 fully saturated rings. The van der Waals surface area contributed by atoms with E-state index in [2.05, 4.69) is 0 Å². The zero-order valence-corrected chi connectivity index (χ0v) is 8.85. The molecule has 78 valence electrons. The molecule has 0 unspecified atom stereocenters. The molecule has 4 heteroatoms. The van der Waals surface area contributed by atoms with Gasteiger partial charge in [0.05, 0.1) is 0 Å². The number of benzene rings is 1. The highest BCUT2D eigenvalue weighted by Crippen LogP contribution is 2.31. The van der Waals surface area contributed by atoms with Crippen molar-refractivity contribution in [3.8, 4) is 0 Å². The van der Waals surface area contributed by atoms with Crippen molar-refractivity contribution in [1.82, 2.24) is 0 Å². The molecule has 1 aromatic rings. The predicted molar refractivity (Wildman–Crippen MR) is 50.0 cm³/mol. The van der Waals surface area contributed by atoms with E-state index in [0.29, 0.717) is 0 Å². The summed E-state index contributed by atoms with van der Waals surface area (Å²) in [6, 6.07) is 0.931. The quantitative estimate of drug-likeness (QED) is 0.459. The predicted octanol–water partition coefficient (Wildman–Crippen LogP) is 4.05. The summed E-state index contributed by atoms with van der Waals surface area (Å²) in [6.07, 6.45) is 0. The lowest BCUT2D eigenvalue weighted by molar-refractivity contribution is 0.453. The number of hydrogen-bond donors (Lipinski definition) is 0. The fraction of sp³-hybridized carbons (Fsp3) is 0.400. The summed E-state index contributed by atoms with van der Waals surface area (Å²) in [5.41, 5.74) is -0.673. The van der Waals surface area contributed by atoms with Gasteiger partial charge in [-0.1, -0.05) is 32.4 Å². The van der Waals surface area contributed by atoms with Crippen molar-refractivity contribution in [1.29, 1.82) is 0 Å². The first kappa shape index (κ1) is 11.4. The molecule has 0 aliphatic carbocycles. The van der Waals surface area contributed by atoms with E-state index in [1.54, 1.807) is 20.8 Å². The van der Waals surface area contributed by atoms with Crippen LogP contribution in [-0.4, -0.2) is 0 Å². The smallest absolute Gasteiger partial charge is 0.180 e. The van der Waals surface area contributed by atoms with Crippen LogP contribution in [0, 0.1) is 17.5 Å². The zero-order chi connectivity index (χ0) is 11.1. The first-order valence-electron chi connectivity index (χ1n) is 4.08. The average molecular weight is 223 g/mol. The molecule has 0 atom stereocenters. The Labute approximate surface area is 85.7 Å². The first-order chi connectivity index (χ1) is 6.25. The number of halogens is 4. The number of hydrogen-bond acceptors (Lipinski definition) is 0. The molecule has 0 heterocycles. The van der Waals surface area contributed by atoms with Gasteiger partial charge in [-0.3, -0.25) is 0 Å². The topological polar surface area (TPSA) is 0 Å². The van der Waals surface area contributed by atoms with Crippen LogP contribution in [-0.2, 0) is 5.41 Å². The van der Waals surface area contributed by atoms with Crippen LogP contribution in [0.4, 0.5) is 13.2 Å². The molecule has 0 N–H and O–H groups in total. The van der Waals surface area contributed by atoms with Gasteiger partial charge >= 0.3 is 0 Å². The highest BCUT2D eigenvalue weighted by molar-refractivity contribution is 6.30. The van der Waals surface area contributed by atoms with Crippen LogP contribution in [0.25, 0.3) is 0 Å². The molecule has 0 nitrogen and oxygen atoms in total. The maximum absolute atomic E-state index is 13.3. The number of rotatable bonds is 0. The van der Waals surface area contributed by atoms with Crippen LogP contribution in [0.5, 0.6) is 0 Å². The molecule has 0 radical (unpaired) electrons. The van der Waals surface area contributed by atoms with Crippen molar-refractivity contribution in [2.45, 2.75) is 26.2 Å². The average Bonchev–Trinajstić information content (AvgIpc) is 2.06. The molecule has 0 bridgehead atoms. The third-order valence-electron chi connectivity index (χ3n) is 1.91. The lowest BCUT2D eigenvalue weighted by Gasteiger charge is -2.20. The van der Waals surface area contributed by atoms with Crippen LogP contribution in [0.15, 0.2) is 6.07 Å². The van der Waals surface area contributed by atoms with E-state index in [9.17, 15) is 13.2 Å². The van der Waals surface area contributed by atoms with Gasteiger partial charge in [0.1, 0.15) is 10.8 Å². The summed E-state index contributed by atoms with van der Waals surface area (Å²) < 4.78 is 39.4. The van der Waals surface area contributed by atoms with Gasteiger partial charge in [-0.05, 0) is 17.0 Å². The van der Waals surface area contributed by atoms with Gasteiger partial charge in [-0.15, -0.1) is 0 Å². The molecule has 0 aliphatic heterocycles. The van der Waals surface area contributed by atoms with Crippen molar-refractivity contribution in [2.75, 3.05) is 0 Å². The van der Waals surface area contributed by atoms with Crippen LogP contribution in [0.1, 0.15) is 26.3 Å². The Balaban J connectivity index is 3.49. The molecule has 0 aliphatic rings. The van der Waals surface area contributed by atoms with E-state index in [-0.39, 0.29) is 5.56 Å². The van der Waals surface area contributed by atoms with Gasteiger partial charge < -0.3 is 0 Å². The van der Waals surface area contributed by atoms with Gasteiger partial charge in [0, 0.05) is 0 Å². The summed E-state index contributed by atoms with van der Waals surface area (Å²) in [5, 5.41) is -0.796. The second kappa shape index (κ2) is 3.46. The minimum atomic E-state index is -1.32. The Morgan fingerprint density at radius 2 is 1.57 bits per heavy atom. The van der Waals surface area contributed by atoms with Crippen molar-refractivity contribution in [2.24, 2.45) is 0 Å². The summed E-state index contributed by atoms with van der Waals surface area (Å²) in [7, 11) is 0. The van der Waals surface area contributed by atoms with Gasteiger partial charge in [0.2, 0.25) is 0 Å². The Morgan fingerprint density at radius 1 is 1.07 bits per heavy atom. The second-order valence-corrected chi connectivity index (χ2v) is 4.48. The normalized spacial score (nSPS) is 11.9. The van der Waals surface area contributed by atoms with Gasteiger partial charge in [-0.2, -0.15) is 0 Å². The SMILES string of the molecule is CC(C)(C)c1cc(F)c(Cl)c(F)c1F. The minimum absolute atomic E-state index is 0.0168. The fourth-order valence-corrected chi connectivity index (χ4v) is 1.26. The molecule has 1 rings (SSSR count). The standard InChI is InChI=1S/C10H10ClF3/c1-10(2,3)5-4-6(12)7(11)9(14)8(5)13/h4H,1-3H3. The molecule has 0 spiro atoms. The molecular weight excluding hydrogens is 213 g/mol. The van der Waals surface area contributed by atoms with E-state index >= 15 is 0 Å². The molecule has 1 aromatic carbocycles. The van der Waals surface area contributed by atoms with Crippen molar-refractivity contribution >= 4 is 11.6 Å². The Hall–Kier alpha value is -0.700. The van der Waals surface area contributed by atoms with Crippen molar-refractivity contribution in [3.05, 3.63) is 34.1 Å². The maximum Gasteiger partial charge on any atom is 0.180 e. The Bertz CT molecular complexity index is 367. The molecule has 0 amide bonds. The molecule has 0 aromatic heterocycles. The van der Waals surface area contributed by atoms with E-state index in [0.717, 1.165) is 6.07 Å². The lowest BCUT2D eigenvalue weighted by Crippen LogP contribution is -2.15. The molecule has 14 heavy (non-hydrogen) atoms. The minimum Gasteiger partial charge on any atom is -0.205 e. The van der Waals surface area contributed by atoms with Crippen LogP contribution < -0.4 is 0 Å². The maximum atomic E-state index is 13.3. The van der Waals surface area contributed by atoms with Crippen LogP contribution >= 0.6 is 11.6 Å². The van der Waals surface area contributed by atoms with E-state index in [4.69, 9.17) is 11.6 Å². The summed E-state index contributed by atoms with van der Waals surface area (Å²) in [5.74, 6) is -3.34. The fourth-order valence-electron chi connectivity index (χ4n) is 1.12. The Kier molecular flexibility index (Phi) is 2.81. The highest BCUT2D eigenvalue weighted by atomic mass is 35.5. The Morgan fingerprint density at radius 3 is 2.00 bits per heavy atom. The largest absolute Gasteiger partial charge is 0.205 e. The van der Waals surface area contributed by atoms with Crippen LogP contribution in [0.2, 0.25) is 5.02 Å². The molecular formula is C10H10ClF3. The van der Waals surface area contributed by atoms with E-state index in [1.807, 2.05) is 0 Å². The van der Waals surface area contributed by atoms with E-state index in [1.165, 1.54) is 0 Å². The molecule has 0 saturated heterocycles. The third kappa shape index (κ3) is 1.87. The third-order valence-corrected chi connectivity index (χ3v) is 2.26. The van der Waals surface area contributed by atoms with Crippen molar-refractivity contribution < 1.29 is 13.2 Å². The second-order valence-electron chi connectivity index (χ2n) is 4.10. The van der Waals surface area contributed by atoms with E-state index < -0.39 is 27.9 Å². The van der Waals surface area contributed by atoms with Gasteiger partial charge in [0.25, 0.3) is 0 Å². The van der Waals surface area contributed by atoms with Crippen molar-refractivity contribution in [3.63, 3.8) is 0 Å². The summed E-state index contributed by atoms with van der Waals surface area (Å²) >= 11 is 5.21. The van der Waals surface area contributed by atoms with Gasteiger partial charge in [-0.25, -0.2) is 13.2 Å². The van der Waals surface area contributed by atoms with Gasteiger partial charge in [0.15, 0.2) is 11.6 Å². The monoisotopic (exact) mass is 222 g/mol. The summed E-state index contributed by atoms with van der Waals surface area (Å²) in [4.78, 5) is 0. The van der Waals surface area contributed by atoms with Crippen LogP contribution in [0.3, 0.4) is 0 Å². The highest BCUT2D eigenvalue weighted by Gasteiger charge is 2.25. The lowest BCUT2D eigenvalue weighted by atomic mass is 9.86.